The highest BCUT2D eigenvalue weighted by atomic mass is 16.6. The van der Waals surface area contributed by atoms with Gasteiger partial charge in [0.2, 0.25) is 0 Å². The second kappa shape index (κ2) is 9.31. The Morgan fingerprint density at radius 3 is 2.70 bits per heavy atom. The highest BCUT2D eigenvalue weighted by Gasteiger charge is 2.33. The quantitative estimate of drug-likeness (QED) is 0.395. The number of ketones is 1. The Kier molecular flexibility index (Phi) is 7.12. The summed E-state index contributed by atoms with van der Waals surface area (Å²) < 4.78 is 10.8. The molecule has 1 atom stereocenters. The maximum Gasteiger partial charge on any atom is 0.286 e. The third kappa shape index (κ3) is 4.94. The Balaban J connectivity index is 2.30. The molecule has 148 valence electrons. The van der Waals surface area contributed by atoms with Crippen LogP contribution in [0.3, 0.4) is 0 Å². The van der Waals surface area contributed by atoms with Crippen molar-refractivity contribution >= 4 is 17.4 Å². The lowest BCUT2D eigenvalue weighted by atomic mass is 10.1. The van der Waals surface area contributed by atoms with Gasteiger partial charge < -0.3 is 24.3 Å². The molecule has 1 fully saturated rings. The molecule has 1 aliphatic rings. The summed E-state index contributed by atoms with van der Waals surface area (Å²) in [5.41, 5.74) is -0.487. The number of rotatable bonds is 9. The van der Waals surface area contributed by atoms with E-state index in [-0.39, 0.29) is 47.8 Å². The number of carbonyl (C=O) groups is 2. The third-order valence-corrected chi connectivity index (χ3v) is 4.49. The van der Waals surface area contributed by atoms with Gasteiger partial charge in [0.05, 0.1) is 37.4 Å². The van der Waals surface area contributed by atoms with Crippen molar-refractivity contribution in [2.75, 3.05) is 26.9 Å². The molecule has 1 saturated heterocycles. The van der Waals surface area contributed by atoms with E-state index in [4.69, 9.17) is 9.47 Å². The van der Waals surface area contributed by atoms with E-state index in [0.29, 0.717) is 25.8 Å². The average molecular weight is 380 g/mol. The van der Waals surface area contributed by atoms with Crippen LogP contribution in [-0.2, 0) is 4.79 Å². The van der Waals surface area contributed by atoms with Crippen LogP contribution in [0.15, 0.2) is 12.1 Å². The van der Waals surface area contributed by atoms with E-state index in [1.54, 1.807) is 0 Å². The number of amides is 1. The molecule has 0 unspecified atom stereocenters. The Hall–Kier alpha value is -2.68. The second-order valence-electron chi connectivity index (χ2n) is 6.41. The summed E-state index contributed by atoms with van der Waals surface area (Å²) in [4.78, 5) is 36.1. The van der Waals surface area contributed by atoms with Crippen molar-refractivity contribution in [2.24, 2.45) is 0 Å². The third-order valence-electron chi connectivity index (χ3n) is 4.49. The van der Waals surface area contributed by atoms with Gasteiger partial charge in [-0.25, -0.2) is 0 Å². The molecule has 0 aliphatic carbocycles. The van der Waals surface area contributed by atoms with Crippen molar-refractivity contribution in [3.63, 3.8) is 0 Å². The van der Waals surface area contributed by atoms with E-state index in [1.165, 1.54) is 31.1 Å². The number of hydrogen-bond donors (Lipinski definition) is 1. The summed E-state index contributed by atoms with van der Waals surface area (Å²) in [5.74, 6) is -0.142. The minimum Gasteiger partial charge on any atom is -0.493 e. The number of aliphatic hydroxyl groups is 1. The van der Waals surface area contributed by atoms with Gasteiger partial charge in [-0.3, -0.25) is 14.9 Å². The zero-order chi connectivity index (χ0) is 20.0. The lowest BCUT2D eigenvalue weighted by Crippen LogP contribution is -2.37. The summed E-state index contributed by atoms with van der Waals surface area (Å²) in [5, 5.41) is 20.9. The second-order valence-corrected chi connectivity index (χ2v) is 6.41. The van der Waals surface area contributed by atoms with Crippen LogP contribution in [-0.4, -0.2) is 59.5 Å². The molecule has 1 amide bonds. The zero-order valence-electron chi connectivity index (χ0n) is 15.5. The van der Waals surface area contributed by atoms with Crippen molar-refractivity contribution in [1.82, 2.24) is 4.90 Å². The molecular formula is C18H24N2O7. The van der Waals surface area contributed by atoms with Crippen molar-refractivity contribution in [2.45, 2.75) is 38.6 Å². The number of aliphatic hydroxyl groups excluding tert-OH is 1. The molecule has 9 nitrogen and oxygen atoms in total. The topological polar surface area (TPSA) is 119 Å². The van der Waals surface area contributed by atoms with E-state index >= 15 is 0 Å². The van der Waals surface area contributed by atoms with E-state index in [0.717, 1.165) is 6.42 Å². The monoisotopic (exact) mass is 380 g/mol. The van der Waals surface area contributed by atoms with Crippen LogP contribution in [0.1, 0.15) is 43.0 Å². The first-order chi connectivity index (χ1) is 12.9. The van der Waals surface area contributed by atoms with E-state index < -0.39 is 10.8 Å². The lowest BCUT2D eigenvalue weighted by molar-refractivity contribution is -0.385. The molecule has 0 aromatic heterocycles. The van der Waals surface area contributed by atoms with Gasteiger partial charge in [0.15, 0.2) is 11.5 Å². The van der Waals surface area contributed by atoms with Crippen molar-refractivity contribution in [3.05, 3.63) is 27.8 Å². The number of Topliss-reactive ketones (excluding diaryl/α,β-unsaturated/α-hetero) is 1. The molecule has 2 rings (SSSR count). The molecule has 1 aromatic carbocycles. The smallest absolute Gasteiger partial charge is 0.286 e. The van der Waals surface area contributed by atoms with Crippen LogP contribution < -0.4 is 9.47 Å². The molecule has 0 radical (unpaired) electrons. The van der Waals surface area contributed by atoms with Gasteiger partial charge in [-0.1, -0.05) is 0 Å². The Labute approximate surface area is 157 Å². The Morgan fingerprint density at radius 1 is 1.37 bits per heavy atom. The summed E-state index contributed by atoms with van der Waals surface area (Å²) >= 11 is 0. The van der Waals surface area contributed by atoms with Crippen molar-refractivity contribution in [3.8, 4) is 11.5 Å². The van der Waals surface area contributed by atoms with Gasteiger partial charge in [-0.05, 0) is 26.2 Å². The van der Waals surface area contributed by atoms with Gasteiger partial charge in [0.25, 0.3) is 11.6 Å². The number of methoxy groups -OCH3 is 1. The minimum atomic E-state index is -0.640. The number of nitro groups is 1. The normalized spacial score (nSPS) is 16.3. The lowest BCUT2D eigenvalue weighted by Gasteiger charge is -2.23. The number of nitro benzene ring substituents is 1. The first-order valence-electron chi connectivity index (χ1n) is 8.79. The summed E-state index contributed by atoms with van der Waals surface area (Å²) in [6.07, 6.45) is 2.21. The van der Waals surface area contributed by atoms with E-state index in [1.807, 2.05) is 0 Å². The molecule has 1 aliphatic heterocycles. The van der Waals surface area contributed by atoms with Crippen LogP contribution in [0.5, 0.6) is 11.5 Å². The summed E-state index contributed by atoms with van der Waals surface area (Å²) in [6, 6.07) is 2.13. The van der Waals surface area contributed by atoms with Gasteiger partial charge in [0, 0.05) is 19.0 Å². The molecule has 27 heavy (non-hydrogen) atoms. The van der Waals surface area contributed by atoms with Gasteiger partial charge in [-0.15, -0.1) is 0 Å². The van der Waals surface area contributed by atoms with E-state index in [9.17, 15) is 24.8 Å². The fourth-order valence-corrected chi connectivity index (χ4v) is 3.09. The largest absolute Gasteiger partial charge is 0.493 e. The molecule has 1 N–H and O–H groups in total. The minimum absolute atomic E-state index is 0.0292. The fourth-order valence-electron chi connectivity index (χ4n) is 3.09. The number of nitrogens with zero attached hydrogens (tertiary/aromatic N) is 2. The highest BCUT2D eigenvalue weighted by Crippen LogP contribution is 2.36. The fraction of sp³-hybridized carbons (Fsp3) is 0.556. The van der Waals surface area contributed by atoms with Gasteiger partial charge in [-0.2, -0.15) is 0 Å². The van der Waals surface area contributed by atoms with Crippen LogP contribution in [0.4, 0.5) is 5.69 Å². The number of likely N-dealkylation sites (tertiary alicyclic amines) is 1. The number of hydrogen-bond acceptors (Lipinski definition) is 7. The molecule has 9 heteroatoms. The van der Waals surface area contributed by atoms with Crippen LogP contribution in [0.2, 0.25) is 0 Å². The SMILES string of the molecule is COc1cc(C(=O)N2CCC[C@H]2CO)c([N+](=O)[O-])cc1OCCCC(C)=O. The average Bonchev–Trinajstić information content (AvgIpc) is 3.12. The maximum absolute atomic E-state index is 12.8. The number of benzene rings is 1. The number of carbonyl (C=O) groups excluding carboxylic acids is 2. The molecular weight excluding hydrogens is 356 g/mol. The van der Waals surface area contributed by atoms with Gasteiger partial charge in [0.1, 0.15) is 11.3 Å². The summed E-state index contributed by atoms with van der Waals surface area (Å²) in [7, 11) is 1.38. The molecule has 0 spiro atoms. The standard InChI is InChI=1S/C18H24N2O7/c1-12(22)5-4-8-27-17-10-15(20(24)25)14(9-16(17)26-2)18(23)19-7-3-6-13(19)11-21/h9-10,13,21H,3-8,11H2,1-2H3/t13-/m0/s1. The Morgan fingerprint density at radius 2 is 2.11 bits per heavy atom. The Bertz CT molecular complexity index is 720. The molecule has 1 aromatic rings. The maximum atomic E-state index is 12.8. The molecule has 1 heterocycles. The van der Waals surface area contributed by atoms with Crippen molar-refractivity contribution < 1.29 is 29.1 Å². The predicted octanol–water partition coefficient (Wildman–Crippen LogP) is 1.95. The first kappa shape index (κ1) is 20.6. The zero-order valence-corrected chi connectivity index (χ0v) is 15.5. The van der Waals surface area contributed by atoms with Crippen LogP contribution >= 0.6 is 0 Å². The van der Waals surface area contributed by atoms with Crippen LogP contribution in [0, 0.1) is 10.1 Å². The van der Waals surface area contributed by atoms with E-state index in [2.05, 4.69) is 0 Å². The first-order valence-corrected chi connectivity index (χ1v) is 8.79. The van der Waals surface area contributed by atoms with Crippen molar-refractivity contribution in [1.29, 1.82) is 0 Å². The molecule has 0 bridgehead atoms. The van der Waals surface area contributed by atoms with Crippen LogP contribution in [0.25, 0.3) is 0 Å². The predicted molar refractivity (Wildman–Crippen MR) is 96.2 cm³/mol. The van der Waals surface area contributed by atoms with Gasteiger partial charge >= 0.3 is 0 Å². The molecule has 0 saturated carbocycles. The number of ether oxygens (including phenoxy) is 2. The highest BCUT2D eigenvalue weighted by molar-refractivity contribution is 5.99. The summed E-state index contributed by atoms with van der Waals surface area (Å²) in [6.45, 7) is 1.92.